The molecule has 0 fully saturated rings. The molecule has 2 rings (SSSR count). The Morgan fingerprint density at radius 1 is 1.17 bits per heavy atom. The van der Waals surface area contributed by atoms with Crippen LogP contribution in [0.5, 0.6) is 0 Å². The summed E-state index contributed by atoms with van der Waals surface area (Å²) >= 11 is 1.76. The van der Waals surface area contributed by atoms with Gasteiger partial charge in [0.15, 0.2) is 0 Å². The van der Waals surface area contributed by atoms with E-state index in [1.807, 2.05) is 30.5 Å². The number of thioether (sulfide) groups is 1. The molecular formula is C14H17N3S. The standard InChI is InChI=1S/C14H17N3S/c1-2-15-10-12-8-9-16-14(17-12)11-18-13-6-4-3-5-7-13/h3-9,15H,2,10-11H2,1H3. The largest absolute Gasteiger partial charge is 0.311 e. The third-order valence-corrected chi connectivity index (χ3v) is 3.44. The van der Waals surface area contributed by atoms with Crippen molar-refractivity contribution in [2.45, 2.75) is 24.1 Å². The van der Waals surface area contributed by atoms with Gasteiger partial charge in [0.1, 0.15) is 5.82 Å². The lowest BCUT2D eigenvalue weighted by Gasteiger charge is -2.04. The molecule has 1 heterocycles. The Morgan fingerprint density at radius 2 is 2.00 bits per heavy atom. The third-order valence-electron chi connectivity index (χ3n) is 2.43. The van der Waals surface area contributed by atoms with Crippen molar-refractivity contribution in [1.82, 2.24) is 15.3 Å². The lowest BCUT2D eigenvalue weighted by atomic mass is 10.4. The second-order valence-corrected chi connectivity index (χ2v) is 4.90. The minimum atomic E-state index is 0.808. The molecule has 0 bridgehead atoms. The summed E-state index contributed by atoms with van der Waals surface area (Å²) in [5.74, 6) is 1.70. The summed E-state index contributed by atoms with van der Waals surface area (Å²) < 4.78 is 0. The molecule has 0 atom stereocenters. The number of benzene rings is 1. The van der Waals surface area contributed by atoms with E-state index in [2.05, 4.69) is 34.3 Å². The van der Waals surface area contributed by atoms with Gasteiger partial charge in [0.2, 0.25) is 0 Å². The van der Waals surface area contributed by atoms with Crippen molar-refractivity contribution in [2.75, 3.05) is 6.54 Å². The van der Waals surface area contributed by atoms with Gasteiger partial charge in [-0.25, -0.2) is 9.97 Å². The Labute approximate surface area is 112 Å². The molecule has 18 heavy (non-hydrogen) atoms. The van der Waals surface area contributed by atoms with Crippen LogP contribution in [0.25, 0.3) is 0 Å². The molecule has 1 aromatic heterocycles. The summed E-state index contributed by atoms with van der Waals surface area (Å²) in [5, 5.41) is 3.27. The molecule has 0 aliphatic carbocycles. The quantitative estimate of drug-likeness (QED) is 0.810. The zero-order chi connectivity index (χ0) is 12.6. The minimum Gasteiger partial charge on any atom is -0.311 e. The lowest BCUT2D eigenvalue weighted by Crippen LogP contribution is -2.13. The number of hydrogen-bond donors (Lipinski definition) is 1. The van der Waals surface area contributed by atoms with Crippen molar-refractivity contribution in [1.29, 1.82) is 0 Å². The highest BCUT2D eigenvalue weighted by atomic mass is 32.2. The van der Waals surface area contributed by atoms with Crippen LogP contribution >= 0.6 is 11.8 Å². The molecule has 0 amide bonds. The third kappa shape index (κ3) is 4.13. The minimum absolute atomic E-state index is 0.808. The van der Waals surface area contributed by atoms with E-state index in [0.717, 1.165) is 30.4 Å². The molecule has 4 heteroatoms. The molecule has 0 saturated heterocycles. The van der Waals surface area contributed by atoms with Gasteiger partial charge in [-0.05, 0) is 24.7 Å². The molecule has 94 valence electrons. The molecule has 0 aliphatic heterocycles. The molecule has 0 saturated carbocycles. The van der Waals surface area contributed by atoms with Crippen LogP contribution < -0.4 is 5.32 Å². The van der Waals surface area contributed by atoms with E-state index in [1.165, 1.54) is 4.90 Å². The number of hydrogen-bond acceptors (Lipinski definition) is 4. The fourth-order valence-corrected chi connectivity index (χ4v) is 2.31. The van der Waals surface area contributed by atoms with E-state index < -0.39 is 0 Å². The predicted molar refractivity (Wildman–Crippen MR) is 75.4 cm³/mol. The Morgan fingerprint density at radius 3 is 2.78 bits per heavy atom. The van der Waals surface area contributed by atoms with Crippen LogP contribution in [-0.4, -0.2) is 16.5 Å². The van der Waals surface area contributed by atoms with E-state index in [4.69, 9.17) is 0 Å². The Balaban J connectivity index is 1.93. The summed E-state index contributed by atoms with van der Waals surface area (Å²) in [7, 11) is 0. The van der Waals surface area contributed by atoms with Gasteiger partial charge in [-0.1, -0.05) is 25.1 Å². The van der Waals surface area contributed by atoms with Gasteiger partial charge in [-0.15, -0.1) is 11.8 Å². The van der Waals surface area contributed by atoms with E-state index in [1.54, 1.807) is 11.8 Å². The van der Waals surface area contributed by atoms with Gasteiger partial charge in [-0.2, -0.15) is 0 Å². The summed E-state index contributed by atoms with van der Waals surface area (Å²) in [6, 6.07) is 12.3. The highest BCUT2D eigenvalue weighted by Gasteiger charge is 2.00. The van der Waals surface area contributed by atoms with Gasteiger partial charge in [-0.3, -0.25) is 0 Å². The molecule has 3 nitrogen and oxygen atoms in total. The van der Waals surface area contributed by atoms with Crippen molar-refractivity contribution in [3.63, 3.8) is 0 Å². The van der Waals surface area contributed by atoms with Crippen molar-refractivity contribution >= 4 is 11.8 Å². The second-order valence-electron chi connectivity index (χ2n) is 3.85. The fraction of sp³-hybridized carbons (Fsp3) is 0.286. The number of nitrogens with zero attached hydrogens (tertiary/aromatic N) is 2. The predicted octanol–water partition coefficient (Wildman–Crippen LogP) is 2.88. The first-order chi connectivity index (χ1) is 8.88. The average Bonchev–Trinajstić information content (AvgIpc) is 2.44. The van der Waals surface area contributed by atoms with Crippen LogP contribution in [0.4, 0.5) is 0 Å². The fourth-order valence-electron chi connectivity index (χ4n) is 1.53. The molecule has 2 aromatic rings. The smallest absolute Gasteiger partial charge is 0.138 e. The maximum absolute atomic E-state index is 4.53. The van der Waals surface area contributed by atoms with Crippen LogP contribution in [0, 0.1) is 0 Å². The van der Waals surface area contributed by atoms with Crippen molar-refractivity contribution < 1.29 is 0 Å². The van der Waals surface area contributed by atoms with Crippen molar-refractivity contribution in [3.05, 3.63) is 54.1 Å². The normalized spacial score (nSPS) is 10.5. The maximum atomic E-state index is 4.53. The highest BCUT2D eigenvalue weighted by Crippen LogP contribution is 2.20. The SMILES string of the molecule is CCNCc1ccnc(CSc2ccccc2)n1. The first-order valence-corrected chi connectivity index (χ1v) is 7.06. The van der Waals surface area contributed by atoms with Crippen LogP contribution in [-0.2, 0) is 12.3 Å². The van der Waals surface area contributed by atoms with Gasteiger partial charge >= 0.3 is 0 Å². The number of nitrogens with one attached hydrogen (secondary N) is 1. The Kier molecular flexibility index (Phi) is 5.17. The zero-order valence-corrected chi connectivity index (χ0v) is 11.3. The van der Waals surface area contributed by atoms with E-state index in [-0.39, 0.29) is 0 Å². The van der Waals surface area contributed by atoms with Crippen LogP contribution in [0.3, 0.4) is 0 Å². The summed E-state index contributed by atoms with van der Waals surface area (Å²) in [5.41, 5.74) is 1.05. The highest BCUT2D eigenvalue weighted by molar-refractivity contribution is 7.98. The van der Waals surface area contributed by atoms with Gasteiger partial charge < -0.3 is 5.32 Å². The second kappa shape index (κ2) is 7.13. The van der Waals surface area contributed by atoms with E-state index in [9.17, 15) is 0 Å². The Bertz CT molecular complexity index is 473. The molecule has 0 unspecified atom stereocenters. The lowest BCUT2D eigenvalue weighted by molar-refractivity contribution is 0.704. The summed E-state index contributed by atoms with van der Waals surface area (Å²) in [4.78, 5) is 10.1. The first kappa shape index (κ1) is 13.1. The summed E-state index contributed by atoms with van der Waals surface area (Å²) in [6.07, 6.45) is 1.83. The topological polar surface area (TPSA) is 37.8 Å². The molecule has 0 spiro atoms. The first-order valence-electron chi connectivity index (χ1n) is 6.08. The number of rotatable bonds is 6. The van der Waals surface area contributed by atoms with Crippen molar-refractivity contribution in [2.24, 2.45) is 0 Å². The monoisotopic (exact) mass is 259 g/mol. The number of aromatic nitrogens is 2. The molecule has 1 N–H and O–H groups in total. The maximum Gasteiger partial charge on any atom is 0.138 e. The van der Waals surface area contributed by atoms with Gasteiger partial charge in [0.25, 0.3) is 0 Å². The van der Waals surface area contributed by atoms with Crippen LogP contribution in [0.15, 0.2) is 47.5 Å². The van der Waals surface area contributed by atoms with Crippen LogP contribution in [0.2, 0.25) is 0 Å². The van der Waals surface area contributed by atoms with Gasteiger partial charge in [0.05, 0.1) is 11.4 Å². The average molecular weight is 259 g/mol. The Hall–Kier alpha value is -1.39. The molecular weight excluding hydrogens is 242 g/mol. The van der Waals surface area contributed by atoms with Gasteiger partial charge in [0, 0.05) is 17.6 Å². The van der Waals surface area contributed by atoms with Crippen molar-refractivity contribution in [3.8, 4) is 0 Å². The summed E-state index contributed by atoms with van der Waals surface area (Å²) in [6.45, 7) is 3.85. The molecule has 0 aliphatic rings. The van der Waals surface area contributed by atoms with E-state index >= 15 is 0 Å². The molecule has 0 radical (unpaired) electrons. The zero-order valence-electron chi connectivity index (χ0n) is 10.5. The molecule has 1 aromatic carbocycles. The van der Waals surface area contributed by atoms with E-state index in [0.29, 0.717) is 0 Å². The van der Waals surface area contributed by atoms with Crippen LogP contribution in [0.1, 0.15) is 18.4 Å².